The van der Waals surface area contributed by atoms with Crippen molar-refractivity contribution in [3.05, 3.63) is 267 Å². The van der Waals surface area contributed by atoms with E-state index in [9.17, 15) is 80.7 Å². The summed E-state index contributed by atoms with van der Waals surface area (Å²) in [5.41, 5.74) is 3.78. The van der Waals surface area contributed by atoms with E-state index >= 15 is 0 Å². The van der Waals surface area contributed by atoms with Crippen molar-refractivity contribution in [3.63, 3.8) is 0 Å². The van der Waals surface area contributed by atoms with Crippen LogP contribution in [-0.4, -0.2) is 145 Å². The molecule has 24 aliphatic carbocycles. The van der Waals surface area contributed by atoms with E-state index < -0.39 is 117 Å². The van der Waals surface area contributed by atoms with Crippen molar-refractivity contribution in [3.8, 4) is 0 Å². The van der Waals surface area contributed by atoms with Crippen molar-refractivity contribution in [1.29, 1.82) is 0 Å². The summed E-state index contributed by atoms with van der Waals surface area (Å²) in [4.78, 5) is 141. The third kappa shape index (κ3) is 8.80. The molecule has 24 fully saturated rings. The highest BCUT2D eigenvalue weighted by molar-refractivity contribution is 7.12. The number of aliphatic imine (C=N–C) groups is 4. The number of nitrogens with zero attached hydrogens (tertiary/aromatic N) is 9. The Balaban J connectivity index is 0.0000000891. The lowest BCUT2D eigenvalue weighted by molar-refractivity contribution is -0.647. The maximum absolute atomic E-state index is 14.5. The second kappa shape index (κ2) is 27.6. The third-order valence-electron chi connectivity index (χ3n) is 40.2. The maximum Gasteiger partial charge on any atom is 0.357 e. The molecule has 0 amide bonds. The molecular weight excluding hydrogens is 2020 g/mol. The van der Waals surface area contributed by atoms with Crippen LogP contribution in [0.1, 0.15) is 89.3 Å². The molecule has 9 aromatic rings. The molecule has 4 atom stereocenters. The Kier molecular flexibility index (Phi) is 16.7. The number of rotatable bonds is 22. The van der Waals surface area contributed by atoms with Gasteiger partial charge in [0.2, 0.25) is 5.89 Å². The number of aromatic carboxylic acids is 1. The monoisotopic (exact) mass is 2090 g/mol. The average molecular weight is 2090 g/mol. The Morgan fingerprint density at radius 2 is 0.664 bits per heavy atom. The molecule has 724 valence electrons. The number of ether oxygens (including phenoxy) is 4. The number of carbonyl (C=O) groups excluding carboxylic acids is 4. The van der Waals surface area contributed by atoms with Gasteiger partial charge >= 0.3 is 47.8 Å². The summed E-state index contributed by atoms with van der Waals surface area (Å²) in [5, 5.41) is 62.4. The molecule has 143 heavy (non-hydrogen) atoms. The molecule has 0 spiro atoms. The van der Waals surface area contributed by atoms with Crippen molar-refractivity contribution >= 4 is 163 Å². The number of esters is 4. The highest BCUT2D eigenvalue weighted by atomic mass is 35.5. The summed E-state index contributed by atoms with van der Waals surface area (Å²) < 4.78 is 96.6. The summed E-state index contributed by atoms with van der Waals surface area (Å²) in [6, 6.07) is 11.2. The Labute approximate surface area is 838 Å². The van der Waals surface area contributed by atoms with Crippen molar-refractivity contribution in [2.45, 2.75) is 36.0 Å². The lowest BCUT2D eigenvalue weighted by Crippen LogP contribution is -3.11. The van der Waals surface area contributed by atoms with Crippen LogP contribution < -0.4 is 21.3 Å². The van der Waals surface area contributed by atoms with E-state index in [1.54, 1.807) is 48.4 Å². The zero-order valence-corrected chi connectivity index (χ0v) is 80.4. The Hall–Kier alpha value is -12.0. The first-order chi connectivity index (χ1) is 68.9. The van der Waals surface area contributed by atoms with Gasteiger partial charge in [0.15, 0.2) is 60.7 Å². The van der Waals surface area contributed by atoms with Crippen LogP contribution in [0.15, 0.2) is 189 Å². The molecule has 0 bridgehead atoms. The highest BCUT2D eigenvalue weighted by Crippen LogP contribution is 3.15. The van der Waals surface area contributed by atoms with Gasteiger partial charge in [0.05, 0.1) is 78.4 Å². The topological polar surface area (TPSA) is 430 Å². The van der Waals surface area contributed by atoms with Gasteiger partial charge in [-0.1, -0.05) is 70.7 Å². The first kappa shape index (κ1) is 86.5. The number of halogens is 9. The molecule has 28 aliphatic rings. The zero-order chi connectivity index (χ0) is 98.1. The van der Waals surface area contributed by atoms with Crippen LogP contribution >= 0.6 is 91.8 Å². The first-order valence-electron chi connectivity index (χ1n) is 46.6. The number of amidine groups is 4. The molecule has 0 radical (unpaired) electrons. The molecule has 4 aromatic carbocycles. The largest absolute Gasteiger partial charge is 0.481 e. The Bertz CT molecular complexity index is 7640. The average Bonchev–Trinajstić information content (AvgIpc) is 1.35. The predicted molar refractivity (Wildman–Crippen MR) is 493 cm³/mol. The number of oxazole rings is 1. The van der Waals surface area contributed by atoms with Crippen molar-refractivity contribution in [1.82, 2.24) is 46.2 Å². The Morgan fingerprint density at radius 1 is 0.385 bits per heavy atom. The molecule has 9 heterocycles. The van der Waals surface area contributed by atoms with E-state index in [-0.39, 0.29) is 142 Å². The van der Waals surface area contributed by atoms with Crippen LogP contribution in [0.25, 0.3) is 0 Å². The predicted octanol–water partition coefficient (Wildman–Crippen LogP) is 14.2. The molecule has 37 rings (SSSR count). The molecule has 24 saturated carbocycles. The summed E-state index contributed by atoms with van der Waals surface area (Å²) in [6.07, 6.45) is 8.18. The maximum atomic E-state index is 14.5. The van der Waals surface area contributed by atoms with Crippen molar-refractivity contribution in [2.24, 2.45) is 200 Å². The molecule has 5 aromatic heterocycles. The summed E-state index contributed by atoms with van der Waals surface area (Å²) in [5.74, 6) is 0.112. The summed E-state index contributed by atoms with van der Waals surface area (Å²) in [6.45, 7) is 0. The molecule has 0 saturated heterocycles. The minimum Gasteiger partial charge on any atom is -0.481 e. The fourth-order valence-electron chi connectivity index (χ4n) is 37.3. The van der Waals surface area contributed by atoms with Gasteiger partial charge in [-0.2, -0.15) is 0 Å². The summed E-state index contributed by atoms with van der Waals surface area (Å²) >= 11 is 31.3. The van der Waals surface area contributed by atoms with E-state index in [2.05, 4.69) is 46.2 Å². The van der Waals surface area contributed by atoms with Gasteiger partial charge in [-0.15, -0.1) is 45.3 Å². The van der Waals surface area contributed by atoms with E-state index in [1.165, 1.54) is 123 Å². The molecule has 30 nitrogen and oxygen atoms in total. The molecule has 4 aliphatic heterocycles. The van der Waals surface area contributed by atoms with E-state index in [1.807, 2.05) is 16.1 Å². The van der Waals surface area contributed by atoms with E-state index in [0.29, 0.717) is 159 Å². The van der Waals surface area contributed by atoms with Crippen molar-refractivity contribution in [2.75, 3.05) is 28.4 Å². The van der Waals surface area contributed by atoms with Crippen LogP contribution in [0.3, 0.4) is 0 Å². The number of hydrogen-bond donors (Lipinski definition) is 8. The van der Waals surface area contributed by atoms with Crippen LogP contribution in [0.2, 0.25) is 20.1 Å². The number of methoxy groups -OCH3 is 4. The fourth-order valence-corrected chi connectivity index (χ4v) is 40.7. The number of allylic oxidation sites excluding steroid dienone is 4. The minimum absolute atomic E-state index is 0.0138. The number of benzene rings is 4. The third-order valence-corrected chi connectivity index (χ3v) is 44.7. The number of aromatic nitrogens is 5. The number of carbonyl (C=O) groups is 8. The first-order valence-corrected chi connectivity index (χ1v) is 51.7. The molecular formula is C100H70Cl4F5N13O17S4. The number of hydrogen-bond acceptors (Lipinski definition) is 30. The summed E-state index contributed by atoms with van der Waals surface area (Å²) in [7, 11) is 5.27. The van der Waals surface area contributed by atoms with Gasteiger partial charge in [0.25, 0.3) is 0 Å². The minimum atomic E-state index is -1.21. The smallest absolute Gasteiger partial charge is 0.357 e. The second-order valence-corrected chi connectivity index (χ2v) is 47.2. The van der Waals surface area contributed by atoms with Crippen LogP contribution in [0, 0.1) is 209 Å². The zero-order valence-electron chi connectivity index (χ0n) is 74.1. The van der Waals surface area contributed by atoms with Gasteiger partial charge in [0, 0.05) is 128 Å². The van der Waals surface area contributed by atoms with Gasteiger partial charge in [-0.05, 0) is 190 Å². The van der Waals surface area contributed by atoms with Crippen LogP contribution in [0.4, 0.5) is 22.0 Å². The molecule has 8 N–H and O–H groups in total. The fraction of sp³-hybridized carbons (Fsp3) is 0.410. The highest BCUT2D eigenvalue weighted by Gasteiger charge is 3.15. The van der Waals surface area contributed by atoms with Crippen LogP contribution in [0.5, 0.6) is 0 Å². The second-order valence-electron chi connectivity index (χ2n) is 42.0. The number of carboxylic acid groups (broad SMARTS) is 4. The standard InChI is InChI=1S/C27H18ClFN4O5S.C25H19ClFN3O4S.C24H16ClF2N3O4S.C24H17ClFN3O4S/c1-37-24(36)12-19(9-3-2-8(29)6-10(9)28)32-21(22-30-4-5-39-22)33-20(12)26-13-16-14(26)18-15(26)17(13)27(16,18)25-31-11(7-38-25)23(34)35;1-34-23(33)12-19(9-3-2-8(27)6-10(9)26)29-21(22-28-4-5-35-22)30-20(12)25-16-13-17(25)15-18(25)14(16)24(13,15)7-11(31)32;1-34-21(31)8-17(6-2-3-7(26)16(27)15(6)25)29-19(20-28-4-5-35-20)30-18(8)23-9-12-10(23)14-11(23)13(9)24(12,14)22(32)33;1-33-21(30)10-17(8-3-2-7(26)6-9(8)25)28-19(20-27-4-5-34-20)29-18(10)23-11-14-12(23)16-13(23)15(11)24(14,16)22(31)32/h2-7,13-19H,1H3,(H,32,33)(H,34,35);2-6,13-19H,7H2,1H3,(H,29,30)(H,31,32);2-5,9-14,17H,1H3,(H,29,30)(H,32,33);2-6,11-17H,1H3,(H,28,29)(H,31,32). The van der Waals surface area contributed by atoms with Gasteiger partial charge in [-0.3, -0.25) is 34.4 Å². The normalized spacial score (nSPS) is 41.6. The van der Waals surface area contributed by atoms with Crippen molar-refractivity contribution < 1.29 is 104 Å². The lowest BCUT2D eigenvalue weighted by Gasteiger charge is -3.11. The van der Waals surface area contributed by atoms with E-state index in [0.717, 1.165) is 23.2 Å². The number of thiazole rings is 4. The van der Waals surface area contributed by atoms with E-state index in [4.69, 9.17) is 89.7 Å². The van der Waals surface area contributed by atoms with Gasteiger partial charge < -0.3 is 65.1 Å². The van der Waals surface area contributed by atoms with Crippen LogP contribution in [-0.2, 0) is 57.9 Å². The number of carboxylic acids is 4. The lowest BCUT2D eigenvalue weighted by atomic mass is 8.91. The quantitative estimate of drug-likeness (QED) is 0.0135. The Morgan fingerprint density at radius 3 is 0.923 bits per heavy atom. The number of aliphatic carboxylic acids is 3. The van der Waals surface area contributed by atoms with Gasteiger partial charge in [0.1, 0.15) is 47.9 Å². The SMILES string of the molecule is COC(=O)C1=C(C23C4C5C2C2C3C4C52C(=O)O)NC(c2nccs2)=NC1c1ccc(F)c(F)c1Cl.COC(=O)C1=C(C23C4C5C2C2C3C4C52C(=O)O)NC(c2nccs2)=NC1c1ccc(F)cc1Cl.COC(=O)C1=C(C23C4C5C2C2C3C4C52CC(=O)O)NC(c2nccs2)=NC1c1ccc(F)cc1Cl.COC(=O)C1=C(C23C4C5C2C2C3C4C52c2nc(C(=O)O)co2)NC(c2nccs2)=NC1c1ccc(F)cc1Cl. The number of nitrogens with one attached hydrogen (secondary N) is 4. The molecule has 4 unspecified atom stereocenters. The van der Waals surface area contributed by atoms with Gasteiger partial charge in [-0.25, -0.2) is 70.8 Å². The molecule has 43 heteroatoms.